The number of ether oxygens (including phenoxy) is 1. The number of carbonyl (C=O) groups is 1. The monoisotopic (exact) mass is 363 g/mol. The standard InChI is InChI=1S/C18H18FNO4S/c1-3-24-18(21)16(12-4-8-14(19)9-5-12)17(20)13-6-10-15(11-7-13)25(2,22)23/h4-11H,3,20H2,1-2H3/b17-16-. The first-order chi connectivity index (χ1) is 11.7. The van der Waals surface area contributed by atoms with Crippen LogP contribution >= 0.6 is 0 Å². The highest BCUT2D eigenvalue weighted by molar-refractivity contribution is 7.90. The highest BCUT2D eigenvalue weighted by atomic mass is 32.2. The van der Waals surface area contributed by atoms with Gasteiger partial charge in [-0.3, -0.25) is 0 Å². The molecule has 2 N–H and O–H groups in total. The molecule has 5 nitrogen and oxygen atoms in total. The zero-order valence-corrected chi connectivity index (χ0v) is 14.6. The minimum Gasteiger partial charge on any atom is -0.462 e. The Bertz CT molecular complexity index is 901. The molecule has 132 valence electrons. The number of esters is 1. The lowest BCUT2D eigenvalue weighted by molar-refractivity contribution is -0.136. The minimum absolute atomic E-state index is 0.0916. The van der Waals surface area contributed by atoms with Crippen LogP contribution in [0, 0.1) is 5.82 Å². The van der Waals surface area contributed by atoms with Gasteiger partial charge >= 0.3 is 5.97 Å². The lowest BCUT2D eigenvalue weighted by atomic mass is 10.00. The van der Waals surface area contributed by atoms with Crippen LogP contribution in [0.3, 0.4) is 0 Å². The Balaban J connectivity index is 2.57. The molecular weight excluding hydrogens is 345 g/mol. The second kappa shape index (κ2) is 7.48. The van der Waals surface area contributed by atoms with Gasteiger partial charge < -0.3 is 10.5 Å². The van der Waals surface area contributed by atoms with Crippen LogP contribution in [-0.4, -0.2) is 27.2 Å². The van der Waals surface area contributed by atoms with Gasteiger partial charge in [0.05, 0.1) is 22.8 Å². The van der Waals surface area contributed by atoms with E-state index in [4.69, 9.17) is 10.5 Å². The summed E-state index contributed by atoms with van der Waals surface area (Å²) >= 11 is 0. The molecule has 0 heterocycles. The van der Waals surface area contributed by atoms with Crippen LogP contribution in [0.15, 0.2) is 53.4 Å². The van der Waals surface area contributed by atoms with E-state index in [1.807, 2.05) is 0 Å². The van der Waals surface area contributed by atoms with Gasteiger partial charge in [-0.1, -0.05) is 24.3 Å². The van der Waals surface area contributed by atoms with Crippen molar-refractivity contribution in [2.45, 2.75) is 11.8 Å². The van der Waals surface area contributed by atoms with Gasteiger partial charge in [-0.05, 0) is 42.3 Å². The normalized spacial score (nSPS) is 12.4. The maximum atomic E-state index is 13.2. The van der Waals surface area contributed by atoms with Crippen LogP contribution < -0.4 is 5.73 Å². The smallest absolute Gasteiger partial charge is 0.340 e. The molecule has 0 saturated carbocycles. The largest absolute Gasteiger partial charge is 0.462 e. The van der Waals surface area contributed by atoms with Gasteiger partial charge in [0.25, 0.3) is 0 Å². The topological polar surface area (TPSA) is 86.5 Å². The Kier molecular flexibility index (Phi) is 5.58. The summed E-state index contributed by atoms with van der Waals surface area (Å²) in [7, 11) is -3.34. The van der Waals surface area contributed by atoms with Gasteiger partial charge in [-0.15, -0.1) is 0 Å². The molecule has 2 aromatic rings. The third kappa shape index (κ3) is 4.45. The summed E-state index contributed by atoms with van der Waals surface area (Å²) in [5.41, 5.74) is 7.21. The molecular formula is C18H18FNO4S. The number of carbonyl (C=O) groups excluding carboxylic acids is 1. The van der Waals surface area contributed by atoms with Crippen molar-refractivity contribution in [1.29, 1.82) is 0 Å². The van der Waals surface area contributed by atoms with E-state index in [9.17, 15) is 17.6 Å². The highest BCUT2D eigenvalue weighted by Crippen LogP contribution is 2.25. The van der Waals surface area contributed by atoms with Crippen molar-refractivity contribution in [3.8, 4) is 0 Å². The number of nitrogens with two attached hydrogens (primary N) is 1. The van der Waals surface area contributed by atoms with E-state index >= 15 is 0 Å². The number of sulfone groups is 1. The fourth-order valence-electron chi connectivity index (χ4n) is 2.23. The second-order valence-corrected chi connectivity index (χ2v) is 7.33. The second-order valence-electron chi connectivity index (χ2n) is 5.31. The summed E-state index contributed by atoms with van der Waals surface area (Å²) < 4.78 is 41.3. The van der Waals surface area contributed by atoms with Crippen molar-refractivity contribution in [3.05, 3.63) is 65.5 Å². The molecule has 0 radical (unpaired) electrons. The molecule has 0 aliphatic carbocycles. The van der Waals surface area contributed by atoms with E-state index in [2.05, 4.69) is 0 Å². The third-order valence-electron chi connectivity index (χ3n) is 3.48. The molecule has 0 aliphatic heterocycles. The van der Waals surface area contributed by atoms with Gasteiger partial charge in [0.15, 0.2) is 9.84 Å². The van der Waals surface area contributed by atoms with Gasteiger partial charge in [0.1, 0.15) is 5.82 Å². The lowest BCUT2D eigenvalue weighted by Gasteiger charge is -2.12. The Hall–Kier alpha value is -2.67. The molecule has 2 aromatic carbocycles. The van der Waals surface area contributed by atoms with Crippen molar-refractivity contribution < 1.29 is 22.3 Å². The first-order valence-corrected chi connectivity index (χ1v) is 9.36. The predicted molar refractivity (Wildman–Crippen MR) is 93.6 cm³/mol. The van der Waals surface area contributed by atoms with Gasteiger partial charge in [0, 0.05) is 6.26 Å². The summed E-state index contributed by atoms with van der Waals surface area (Å²) in [6.45, 7) is 1.82. The summed E-state index contributed by atoms with van der Waals surface area (Å²) in [5, 5.41) is 0. The lowest BCUT2D eigenvalue weighted by Crippen LogP contribution is -2.13. The molecule has 0 spiro atoms. The van der Waals surface area contributed by atoms with E-state index in [-0.39, 0.29) is 22.8 Å². The van der Waals surface area contributed by atoms with Crippen LogP contribution in [0.25, 0.3) is 11.3 Å². The fourth-order valence-corrected chi connectivity index (χ4v) is 2.86. The van der Waals surface area contributed by atoms with Crippen LogP contribution in [0.5, 0.6) is 0 Å². The number of halogens is 1. The molecule has 25 heavy (non-hydrogen) atoms. The van der Waals surface area contributed by atoms with Crippen LogP contribution in [-0.2, 0) is 19.4 Å². The average molecular weight is 363 g/mol. The molecule has 0 aliphatic rings. The van der Waals surface area contributed by atoms with Crippen LogP contribution in [0.4, 0.5) is 4.39 Å². The molecule has 0 aromatic heterocycles. The quantitative estimate of drug-likeness (QED) is 0.501. The van der Waals surface area contributed by atoms with E-state index in [1.165, 1.54) is 48.5 Å². The number of hydrogen-bond acceptors (Lipinski definition) is 5. The molecule has 0 atom stereocenters. The Morgan fingerprint density at radius 3 is 2.04 bits per heavy atom. The molecule has 0 fully saturated rings. The van der Waals surface area contributed by atoms with E-state index in [0.717, 1.165) is 6.26 Å². The van der Waals surface area contributed by atoms with Crippen molar-refractivity contribution in [2.75, 3.05) is 12.9 Å². The summed E-state index contributed by atoms with van der Waals surface area (Å²) in [6, 6.07) is 11.1. The number of benzene rings is 2. The molecule has 7 heteroatoms. The Labute approximate surface area is 145 Å². The van der Waals surface area contributed by atoms with Crippen molar-refractivity contribution in [1.82, 2.24) is 0 Å². The van der Waals surface area contributed by atoms with E-state index < -0.39 is 21.6 Å². The van der Waals surface area contributed by atoms with Crippen molar-refractivity contribution in [3.63, 3.8) is 0 Å². The molecule has 0 amide bonds. The molecule has 0 saturated heterocycles. The summed E-state index contributed by atoms with van der Waals surface area (Å²) in [4.78, 5) is 12.5. The van der Waals surface area contributed by atoms with Crippen LogP contribution in [0.2, 0.25) is 0 Å². The Morgan fingerprint density at radius 2 is 1.56 bits per heavy atom. The van der Waals surface area contributed by atoms with E-state index in [1.54, 1.807) is 6.92 Å². The summed E-state index contributed by atoms with van der Waals surface area (Å²) in [6.07, 6.45) is 1.10. The first kappa shape index (κ1) is 18.7. The number of hydrogen-bond donors (Lipinski definition) is 1. The molecule has 0 bridgehead atoms. The van der Waals surface area contributed by atoms with E-state index in [0.29, 0.717) is 11.1 Å². The van der Waals surface area contributed by atoms with Gasteiger partial charge in [-0.2, -0.15) is 0 Å². The third-order valence-corrected chi connectivity index (χ3v) is 4.60. The maximum Gasteiger partial charge on any atom is 0.340 e. The molecule has 0 unspecified atom stereocenters. The SMILES string of the molecule is CCOC(=O)/C(=C(\N)c1ccc(S(C)(=O)=O)cc1)c1ccc(F)cc1. The first-order valence-electron chi connectivity index (χ1n) is 7.47. The predicted octanol–water partition coefficient (Wildman–Crippen LogP) is 2.62. The minimum atomic E-state index is -3.34. The molecule has 2 rings (SSSR count). The summed E-state index contributed by atoms with van der Waals surface area (Å²) in [5.74, 6) is -1.08. The maximum absolute atomic E-state index is 13.2. The van der Waals surface area contributed by atoms with Crippen molar-refractivity contribution >= 4 is 27.1 Å². The Morgan fingerprint density at radius 1 is 1.04 bits per heavy atom. The number of rotatable bonds is 5. The average Bonchev–Trinajstić information content (AvgIpc) is 2.56. The van der Waals surface area contributed by atoms with Crippen LogP contribution in [0.1, 0.15) is 18.1 Å². The van der Waals surface area contributed by atoms with Gasteiger partial charge in [0.2, 0.25) is 0 Å². The van der Waals surface area contributed by atoms with Gasteiger partial charge in [-0.25, -0.2) is 17.6 Å². The fraction of sp³-hybridized carbons (Fsp3) is 0.167. The zero-order valence-electron chi connectivity index (χ0n) is 13.8. The zero-order chi connectivity index (χ0) is 18.6. The van der Waals surface area contributed by atoms with Crippen molar-refractivity contribution in [2.24, 2.45) is 5.73 Å². The highest BCUT2D eigenvalue weighted by Gasteiger charge is 2.19.